The highest BCUT2D eigenvalue weighted by atomic mass is 32.2. The molecule has 0 saturated carbocycles. The molecule has 0 aliphatic carbocycles. The molecule has 1 atom stereocenters. The van der Waals surface area contributed by atoms with E-state index in [0.29, 0.717) is 5.75 Å². The molecule has 1 aromatic rings. The summed E-state index contributed by atoms with van der Waals surface area (Å²) in [5, 5.41) is 21.2. The van der Waals surface area contributed by atoms with E-state index >= 15 is 0 Å². The van der Waals surface area contributed by atoms with Crippen LogP contribution in [0, 0.1) is 20.2 Å². The molecule has 0 aromatic heterocycles. The molecule has 9 heteroatoms. The molecule has 0 radical (unpaired) electrons. The Balaban J connectivity index is 3.10. The standard InChI is InChI=1S/C13H16N2O6S/c1-3-21-13(16)12(22-4-2)7-9-5-6-10(14(17)18)8-11(9)15(19)20/h5-6,8,12H,3-4,7H2,1-2H3. The summed E-state index contributed by atoms with van der Waals surface area (Å²) in [6, 6.07) is 3.42. The highest BCUT2D eigenvalue weighted by Crippen LogP contribution is 2.28. The van der Waals surface area contributed by atoms with Crippen LogP contribution in [0.2, 0.25) is 0 Å². The third-order valence-electron chi connectivity index (χ3n) is 2.80. The Hall–Kier alpha value is -2.16. The van der Waals surface area contributed by atoms with Gasteiger partial charge in [0.15, 0.2) is 0 Å². The summed E-state index contributed by atoms with van der Waals surface area (Å²) in [6.45, 7) is 3.77. The third kappa shape index (κ3) is 4.69. The highest BCUT2D eigenvalue weighted by molar-refractivity contribution is 8.00. The summed E-state index contributed by atoms with van der Waals surface area (Å²) in [4.78, 5) is 32.3. The minimum atomic E-state index is -0.694. The number of carbonyl (C=O) groups excluding carboxylic acids is 1. The smallest absolute Gasteiger partial charge is 0.319 e. The van der Waals surface area contributed by atoms with Gasteiger partial charge < -0.3 is 4.74 Å². The molecule has 22 heavy (non-hydrogen) atoms. The van der Waals surface area contributed by atoms with Crippen molar-refractivity contribution in [1.29, 1.82) is 0 Å². The van der Waals surface area contributed by atoms with Crippen LogP contribution in [0.1, 0.15) is 19.4 Å². The van der Waals surface area contributed by atoms with Gasteiger partial charge in [0.05, 0.1) is 22.5 Å². The minimum Gasteiger partial charge on any atom is -0.465 e. The Morgan fingerprint density at radius 3 is 2.45 bits per heavy atom. The molecule has 0 saturated heterocycles. The van der Waals surface area contributed by atoms with Gasteiger partial charge in [0.2, 0.25) is 0 Å². The number of nitro groups is 2. The van der Waals surface area contributed by atoms with Crippen molar-refractivity contribution in [3.05, 3.63) is 44.0 Å². The van der Waals surface area contributed by atoms with Crippen molar-refractivity contribution in [2.24, 2.45) is 0 Å². The minimum absolute atomic E-state index is 0.0889. The SMILES string of the molecule is CCOC(=O)C(Cc1ccc([N+](=O)[O-])cc1[N+](=O)[O-])SCC. The van der Waals surface area contributed by atoms with Crippen LogP contribution in [0.5, 0.6) is 0 Å². The van der Waals surface area contributed by atoms with Crippen LogP contribution < -0.4 is 0 Å². The Morgan fingerprint density at radius 1 is 1.27 bits per heavy atom. The summed E-state index contributed by atoms with van der Waals surface area (Å²) < 4.78 is 4.95. The molecule has 1 aromatic carbocycles. The molecule has 1 unspecified atom stereocenters. The normalized spacial score (nSPS) is 11.7. The van der Waals surface area contributed by atoms with Crippen molar-refractivity contribution in [2.75, 3.05) is 12.4 Å². The molecule has 0 aliphatic heterocycles. The average molecular weight is 328 g/mol. The van der Waals surface area contributed by atoms with Crippen LogP contribution in [-0.2, 0) is 16.0 Å². The van der Waals surface area contributed by atoms with Gasteiger partial charge >= 0.3 is 5.97 Å². The van der Waals surface area contributed by atoms with Crippen molar-refractivity contribution in [3.8, 4) is 0 Å². The number of non-ortho nitro benzene ring substituents is 1. The highest BCUT2D eigenvalue weighted by Gasteiger charge is 2.26. The molecule has 0 spiro atoms. The van der Waals surface area contributed by atoms with Gasteiger partial charge in [-0.2, -0.15) is 0 Å². The maximum absolute atomic E-state index is 11.9. The first-order valence-electron chi connectivity index (χ1n) is 6.60. The van der Waals surface area contributed by atoms with Crippen LogP contribution in [0.15, 0.2) is 18.2 Å². The number of carbonyl (C=O) groups is 1. The predicted molar refractivity (Wildman–Crippen MR) is 82.0 cm³/mol. The summed E-state index contributed by atoms with van der Waals surface area (Å²) in [7, 11) is 0. The molecular formula is C13H16N2O6S. The Labute approximate surface area is 131 Å². The number of ether oxygens (including phenoxy) is 1. The Bertz CT molecular complexity index is 578. The molecule has 0 bridgehead atoms. The van der Waals surface area contributed by atoms with E-state index < -0.39 is 21.1 Å². The zero-order chi connectivity index (χ0) is 16.7. The van der Waals surface area contributed by atoms with E-state index in [0.717, 1.165) is 6.07 Å². The summed E-state index contributed by atoms with van der Waals surface area (Å²) >= 11 is 1.32. The number of thioether (sulfide) groups is 1. The van der Waals surface area contributed by atoms with Gasteiger partial charge in [0.1, 0.15) is 5.25 Å². The first-order valence-corrected chi connectivity index (χ1v) is 7.65. The van der Waals surface area contributed by atoms with Crippen molar-refractivity contribution < 1.29 is 19.4 Å². The number of esters is 1. The van der Waals surface area contributed by atoms with E-state index in [9.17, 15) is 25.0 Å². The zero-order valence-electron chi connectivity index (χ0n) is 12.2. The molecule has 120 valence electrons. The molecule has 1 rings (SSSR count). The fraction of sp³-hybridized carbons (Fsp3) is 0.462. The average Bonchev–Trinajstić information content (AvgIpc) is 2.46. The molecule has 0 fully saturated rings. The van der Waals surface area contributed by atoms with Gasteiger partial charge in [0, 0.05) is 18.1 Å². The van der Waals surface area contributed by atoms with E-state index in [4.69, 9.17) is 4.74 Å². The van der Waals surface area contributed by atoms with Crippen molar-refractivity contribution in [3.63, 3.8) is 0 Å². The van der Waals surface area contributed by atoms with Gasteiger partial charge in [-0.3, -0.25) is 25.0 Å². The van der Waals surface area contributed by atoms with Gasteiger partial charge in [-0.1, -0.05) is 6.92 Å². The first-order chi connectivity index (χ1) is 10.4. The first kappa shape index (κ1) is 17.9. The van der Waals surface area contributed by atoms with Crippen LogP contribution in [-0.4, -0.2) is 33.4 Å². The van der Waals surface area contributed by atoms with Gasteiger partial charge in [0.25, 0.3) is 11.4 Å². The fourth-order valence-corrected chi connectivity index (χ4v) is 2.76. The topological polar surface area (TPSA) is 113 Å². The second-order valence-electron chi connectivity index (χ2n) is 4.23. The lowest BCUT2D eigenvalue weighted by molar-refractivity contribution is -0.394. The Kier molecular flexibility index (Phi) is 6.77. The van der Waals surface area contributed by atoms with Crippen LogP contribution >= 0.6 is 11.8 Å². The van der Waals surface area contributed by atoms with E-state index in [1.807, 2.05) is 6.92 Å². The quantitative estimate of drug-likeness (QED) is 0.409. The second-order valence-corrected chi connectivity index (χ2v) is 5.71. The molecular weight excluding hydrogens is 312 g/mol. The molecule has 0 N–H and O–H groups in total. The number of nitrogens with zero attached hydrogens (tertiary/aromatic N) is 2. The van der Waals surface area contributed by atoms with E-state index in [2.05, 4.69) is 0 Å². The monoisotopic (exact) mass is 328 g/mol. The van der Waals surface area contributed by atoms with Gasteiger partial charge in [-0.25, -0.2) is 0 Å². The van der Waals surface area contributed by atoms with Crippen molar-refractivity contribution in [2.45, 2.75) is 25.5 Å². The molecule has 8 nitrogen and oxygen atoms in total. The maximum Gasteiger partial charge on any atom is 0.319 e. The van der Waals surface area contributed by atoms with Gasteiger partial charge in [-0.05, 0) is 18.7 Å². The van der Waals surface area contributed by atoms with Crippen LogP contribution in [0.3, 0.4) is 0 Å². The lowest BCUT2D eigenvalue weighted by Crippen LogP contribution is -2.23. The largest absolute Gasteiger partial charge is 0.465 e. The zero-order valence-corrected chi connectivity index (χ0v) is 13.0. The second kappa shape index (κ2) is 8.32. The molecule has 0 heterocycles. The molecule has 0 aliphatic rings. The lowest BCUT2D eigenvalue weighted by Gasteiger charge is -2.14. The Morgan fingerprint density at radius 2 is 1.95 bits per heavy atom. The number of hydrogen-bond acceptors (Lipinski definition) is 7. The summed E-state index contributed by atoms with van der Waals surface area (Å²) in [5.41, 5.74) is -0.443. The van der Waals surface area contributed by atoms with Gasteiger partial charge in [-0.15, -0.1) is 11.8 Å². The fourth-order valence-electron chi connectivity index (χ4n) is 1.85. The predicted octanol–water partition coefficient (Wildman–Crippen LogP) is 2.73. The van der Waals surface area contributed by atoms with E-state index in [-0.39, 0.29) is 30.0 Å². The van der Waals surface area contributed by atoms with E-state index in [1.54, 1.807) is 6.92 Å². The third-order valence-corrected chi connectivity index (χ3v) is 3.89. The van der Waals surface area contributed by atoms with Crippen molar-refractivity contribution in [1.82, 2.24) is 0 Å². The number of hydrogen-bond donors (Lipinski definition) is 0. The van der Waals surface area contributed by atoms with Crippen LogP contribution in [0.25, 0.3) is 0 Å². The summed E-state index contributed by atoms with van der Waals surface area (Å²) in [6.07, 6.45) is 0.0889. The van der Waals surface area contributed by atoms with Crippen LogP contribution in [0.4, 0.5) is 11.4 Å². The lowest BCUT2D eigenvalue weighted by atomic mass is 10.1. The number of nitro benzene ring substituents is 2. The maximum atomic E-state index is 11.9. The number of rotatable bonds is 8. The van der Waals surface area contributed by atoms with E-state index in [1.165, 1.54) is 23.9 Å². The van der Waals surface area contributed by atoms with Crippen molar-refractivity contribution >= 4 is 29.1 Å². The summed E-state index contributed by atoms with van der Waals surface area (Å²) in [5.74, 6) is 0.201. The molecule has 0 amide bonds. The number of benzene rings is 1.